The van der Waals surface area contributed by atoms with Crippen LogP contribution in [0.15, 0.2) is 18.2 Å². The average Bonchev–Trinajstić information content (AvgIpc) is 2.62. The Morgan fingerprint density at radius 1 is 1.15 bits per heavy atom. The van der Waals surface area contributed by atoms with Crippen LogP contribution in [0.25, 0.3) is 0 Å². The van der Waals surface area contributed by atoms with Crippen molar-refractivity contribution in [3.63, 3.8) is 0 Å². The van der Waals surface area contributed by atoms with Gasteiger partial charge in [-0.05, 0) is 38.0 Å². The third-order valence-corrected chi connectivity index (χ3v) is 4.46. The lowest BCUT2D eigenvalue weighted by atomic mass is 9.96. The van der Waals surface area contributed by atoms with Gasteiger partial charge in [-0.1, -0.05) is 19.3 Å². The molecule has 0 heterocycles. The molecule has 1 fully saturated rings. The lowest BCUT2D eigenvalue weighted by molar-refractivity contribution is -0.120. The highest BCUT2D eigenvalue weighted by Gasteiger charge is 2.20. The van der Waals surface area contributed by atoms with E-state index >= 15 is 0 Å². The smallest absolute Gasteiger partial charge is 0.321 e. The van der Waals surface area contributed by atoms with Crippen molar-refractivity contribution in [3.8, 4) is 5.75 Å². The Kier molecular flexibility index (Phi) is 7.45. The van der Waals surface area contributed by atoms with Crippen molar-refractivity contribution in [2.45, 2.75) is 58.0 Å². The molecule has 148 valence electrons. The molecule has 8 heteroatoms. The highest BCUT2D eigenvalue weighted by molar-refractivity contribution is 5.98. The van der Waals surface area contributed by atoms with Gasteiger partial charge in [0, 0.05) is 18.7 Å². The van der Waals surface area contributed by atoms with Crippen molar-refractivity contribution in [2.75, 3.05) is 17.7 Å². The number of hydrogen-bond donors (Lipinski definition) is 4. The maximum atomic E-state index is 12.3. The van der Waals surface area contributed by atoms with Gasteiger partial charge in [-0.2, -0.15) is 0 Å². The average molecular weight is 376 g/mol. The van der Waals surface area contributed by atoms with E-state index in [1.165, 1.54) is 20.5 Å². The second-order valence-corrected chi connectivity index (χ2v) is 6.76. The Bertz CT molecular complexity index is 686. The fraction of sp³-hybridized carbons (Fsp3) is 0.526. The largest absolute Gasteiger partial charge is 0.495 e. The zero-order valence-corrected chi connectivity index (χ0v) is 16.1. The molecule has 4 N–H and O–H groups in total. The second-order valence-electron chi connectivity index (χ2n) is 6.76. The summed E-state index contributed by atoms with van der Waals surface area (Å²) in [5.74, 6) is -0.123. The summed E-state index contributed by atoms with van der Waals surface area (Å²) in [5.41, 5.74) is 1.12. The van der Waals surface area contributed by atoms with Crippen molar-refractivity contribution in [1.29, 1.82) is 0 Å². The molecule has 1 aromatic carbocycles. The molecule has 1 aliphatic rings. The topological polar surface area (TPSA) is 109 Å². The van der Waals surface area contributed by atoms with Crippen LogP contribution in [-0.4, -0.2) is 37.0 Å². The number of carbonyl (C=O) groups excluding carboxylic acids is 3. The van der Waals surface area contributed by atoms with Gasteiger partial charge in [0.2, 0.25) is 11.8 Å². The van der Waals surface area contributed by atoms with Crippen molar-refractivity contribution in [1.82, 2.24) is 10.6 Å². The van der Waals surface area contributed by atoms with Crippen LogP contribution in [0.4, 0.5) is 16.2 Å². The third kappa shape index (κ3) is 6.47. The summed E-state index contributed by atoms with van der Waals surface area (Å²) in [4.78, 5) is 35.6. The standard InChI is InChI=1S/C19H28N4O4/c1-12(18(25)23-19(26)22-14-7-5-4-6-8-14)20-16-11-15(21-13(2)24)9-10-17(16)27-3/h9-12,14,20H,4-8H2,1-3H3,(H,21,24)(H2,22,23,25,26). The SMILES string of the molecule is COc1ccc(NC(C)=O)cc1NC(C)C(=O)NC(=O)NC1CCCCC1. The number of anilines is 2. The maximum absolute atomic E-state index is 12.3. The molecule has 1 saturated carbocycles. The minimum Gasteiger partial charge on any atom is -0.495 e. The monoisotopic (exact) mass is 376 g/mol. The number of methoxy groups -OCH3 is 1. The predicted molar refractivity (Wildman–Crippen MR) is 104 cm³/mol. The minimum atomic E-state index is -0.677. The van der Waals surface area contributed by atoms with E-state index in [1.807, 2.05) is 0 Å². The predicted octanol–water partition coefficient (Wildman–Crippen LogP) is 2.61. The first-order chi connectivity index (χ1) is 12.9. The molecular weight excluding hydrogens is 348 g/mol. The number of imide groups is 1. The molecule has 1 unspecified atom stereocenters. The van der Waals surface area contributed by atoms with Crippen molar-refractivity contribution < 1.29 is 19.1 Å². The summed E-state index contributed by atoms with van der Waals surface area (Å²) >= 11 is 0. The first-order valence-electron chi connectivity index (χ1n) is 9.22. The summed E-state index contributed by atoms with van der Waals surface area (Å²) in [6.07, 6.45) is 5.28. The molecular formula is C19H28N4O4. The van der Waals surface area contributed by atoms with Crippen LogP contribution in [0.1, 0.15) is 46.0 Å². The van der Waals surface area contributed by atoms with Gasteiger partial charge in [0.05, 0.1) is 12.8 Å². The number of benzene rings is 1. The Labute approximate surface area is 159 Å². The zero-order chi connectivity index (χ0) is 19.8. The Hall–Kier alpha value is -2.77. The highest BCUT2D eigenvalue weighted by Crippen LogP contribution is 2.28. The number of urea groups is 1. The van der Waals surface area contributed by atoms with E-state index in [0.29, 0.717) is 17.1 Å². The van der Waals surface area contributed by atoms with Crippen molar-refractivity contribution in [2.24, 2.45) is 0 Å². The normalized spacial score (nSPS) is 15.4. The lowest BCUT2D eigenvalue weighted by Gasteiger charge is -2.23. The van der Waals surface area contributed by atoms with Crippen LogP contribution in [-0.2, 0) is 9.59 Å². The van der Waals surface area contributed by atoms with Crippen LogP contribution >= 0.6 is 0 Å². The van der Waals surface area contributed by atoms with E-state index in [9.17, 15) is 14.4 Å². The van der Waals surface area contributed by atoms with E-state index in [4.69, 9.17) is 4.74 Å². The van der Waals surface area contributed by atoms with Crippen molar-refractivity contribution in [3.05, 3.63) is 18.2 Å². The van der Waals surface area contributed by atoms with Crippen LogP contribution in [0, 0.1) is 0 Å². The Balaban J connectivity index is 1.94. The number of amides is 4. The van der Waals surface area contributed by atoms with E-state index in [2.05, 4.69) is 21.3 Å². The van der Waals surface area contributed by atoms with Gasteiger partial charge >= 0.3 is 6.03 Å². The van der Waals surface area contributed by atoms with Gasteiger partial charge in [0.15, 0.2) is 0 Å². The van der Waals surface area contributed by atoms with Gasteiger partial charge in [-0.25, -0.2) is 4.79 Å². The van der Waals surface area contributed by atoms with E-state index in [1.54, 1.807) is 25.1 Å². The van der Waals surface area contributed by atoms with Crippen molar-refractivity contribution >= 4 is 29.2 Å². The van der Waals surface area contributed by atoms with Crippen LogP contribution in [0.3, 0.4) is 0 Å². The molecule has 2 rings (SSSR count). The highest BCUT2D eigenvalue weighted by atomic mass is 16.5. The quantitative estimate of drug-likeness (QED) is 0.610. The van der Waals surface area contributed by atoms with Crippen LogP contribution in [0.2, 0.25) is 0 Å². The van der Waals surface area contributed by atoms with E-state index in [0.717, 1.165) is 25.7 Å². The summed E-state index contributed by atoms with van der Waals surface area (Å²) < 4.78 is 5.28. The Morgan fingerprint density at radius 3 is 2.48 bits per heavy atom. The van der Waals surface area contributed by atoms with Gasteiger partial charge < -0.3 is 20.7 Å². The minimum absolute atomic E-state index is 0.129. The lowest BCUT2D eigenvalue weighted by Crippen LogP contribution is -2.49. The number of ether oxygens (including phenoxy) is 1. The molecule has 27 heavy (non-hydrogen) atoms. The molecule has 1 atom stereocenters. The fourth-order valence-electron chi connectivity index (χ4n) is 3.09. The van der Waals surface area contributed by atoms with Gasteiger partial charge in [0.1, 0.15) is 11.8 Å². The third-order valence-electron chi connectivity index (χ3n) is 4.46. The summed E-state index contributed by atoms with van der Waals surface area (Å²) in [6, 6.07) is 4.04. The molecule has 1 aromatic rings. The molecule has 0 saturated heterocycles. The number of carbonyl (C=O) groups is 3. The fourth-order valence-corrected chi connectivity index (χ4v) is 3.09. The van der Waals surface area contributed by atoms with Crippen LogP contribution < -0.4 is 26.0 Å². The van der Waals surface area contributed by atoms with E-state index < -0.39 is 18.0 Å². The number of nitrogens with one attached hydrogen (secondary N) is 4. The van der Waals surface area contributed by atoms with E-state index in [-0.39, 0.29) is 11.9 Å². The van der Waals surface area contributed by atoms with Gasteiger partial charge in [0.25, 0.3) is 0 Å². The second kappa shape index (κ2) is 9.80. The molecule has 0 bridgehead atoms. The number of hydrogen-bond acceptors (Lipinski definition) is 5. The Morgan fingerprint density at radius 2 is 1.85 bits per heavy atom. The molecule has 4 amide bonds. The molecule has 0 spiro atoms. The van der Waals surface area contributed by atoms with Gasteiger partial charge in [-0.3, -0.25) is 14.9 Å². The summed E-state index contributed by atoms with van der Waals surface area (Å²) in [7, 11) is 1.51. The number of rotatable bonds is 6. The van der Waals surface area contributed by atoms with Crippen LogP contribution in [0.5, 0.6) is 5.75 Å². The van der Waals surface area contributed by atoms with Gasteiger partial charge in [-0.15, -0.1) is 0 Å². The molecule has 1 aliphatic carbocycles. The summed E-state index contributed by atoms with van der Waals surface area (Å²) in [6.45, 7) is 3.06. The first kappa shape index (κ1) is 20.5. The molecule has 8 nitrogen and oxygen atoms in total. The maximum Gasteiger partial charge on any atom is 0.321 e. The zero-order valence-electron chi connectivity index (χ0n) is 16.1. The molecule has 0 radical (unpaired) electrons. The summed E-state index contributed by atoms with van der Waals surface area (Å²) in [5, 5.41) is 10.9. The molecule has 0 aromatic heterocycles. The first-order valence-corrected chi connectivity index (χ1v) is 9.22. The molecule has 0 aliphatic heterocycles.